The summed E-state index contributed by atoms with van der Waals surface area (Å²) >= 11 is 12.5. The molecule has 0 unspecified atom stereocenters. The van der Waals surface area contributed by atoms with Crippen molar-refractivity contribution in [1.29, 1.82) is 0 Å². The minimum Gasteiger partial charge on any atom is -0.488 e. The van der Waals surface area contributed by atoms with Crippen LogP contribution in [0.15, 0.2) is 66.6 Å². The van der Waals surface area contributed by atoms with Crippen molar-refractivity contribution in [2.45, 2.75) is 27.0 Å². The average Bonchev–Trinajstić information content (AvgIpc) is 3.33. The molecule has 4 aromatic rings. The van der Waals surface area contributed by atoms with Gasteiger partial charge in [-0.2, -0.15) is 0 Å². The molecule has 1 aliphatic rings. The van der Waals surface area contributed by atoms with Crippen LogP contribution in [0.2, 0.25) is 10.0 Å². The number of carbonyl (C=O) groups is 1. The Morgan fingerprint density at radius 3 is 2.55 bits per heavy atom. The Balaban J connectivity index is 1.45. The van der Waals surface area contributed by atoms with Gasteiger partial charge in [0.25, 0.3) is 0 Å². The number of Topliss-reactive ketones (excluding diaryl/α,β-unsaturated/α-hetero) is 1. The Kier molecular flexibility index (Phi) is 5.65. The molecule has 5 rings (SSSR count). The van der Waals surface area contributed by atoms with E-state index in [0.29, 0.717) is 38.4 Å². The first-order chi connectivity index (χ1) is 16.0. The van der Waals surface area contributed by atoms with Crippen molar-refractivity contribution in [2.24, 2.45) is 0 Å². The summed E-state index contributed by atoms with van der Waals surface area (Å²) in [6, 6.07) is 17.0. The van der Waals surface area contributed by atoms with E-state index in [0.717, 1.165) is 28.6 Å². The van der Waals surface area contributed by atoms with E-state index >= 15 is 0 Å². The van der Waals surface area contributed by atoms with Gasteiger partial charge < -0.3 is 14.0 Å². The summed E-state index contributed by atoms with van der Waals surface area (Å²) in [7, 11) is 0. The first-order valence-corrected chi connectivity index (χ1v) is 11.4. The number of aryl methyl sites for hydroxylation is 1. The van der Waals surface area contributed by atoms with Crippen molar-refractivity contribution >= 4 is 46.0 Å². The van der Waals surface area contributed by atoms with Crippen molar-refractivity contribution in [3.8, 4) is 11.5 Å². The molecular weight excluding hydrogens is 457 g/mol. The lowest BCUT2D eigenvalue weighted by molar-refractivity contribution is 0.101. The summed E-state index contributed by atoms with van der Waals surface area (Å²) in [4.78, 5) is 13.1. The third kappa shape index (κ3) is 3.79. The van der Waals surface area contributed by atoms with E-state index in [-0.39, 0.29) is 12.4 Å². The molecule has 0 spiro atoms. The molecule has 4 nitrogen and oxygen atoms in total. The van der Waals surface area contributed by atoms with E-state index in [1.165, 1.54) is 0 Å². The van der Waals surface area contributed by atoms with Crippen LogP contribution in [0.4, 0.5) is 0 Å². The quantitative estimate of drug-likeness (QED) is 0.280. The molecule has 33 heavy (non-hydrogen) atoms. The van der Waals surface area contributed by atoms with E-state index in [1.807, 2.05) is 31.3 Å². The molecule has 0 aliphatic carbocycles. The van der Waals surface area contributed by atoms with Gasteiger partial charge in [0.1, 0.15) is 18.1 Å². The van der Waals surface area contributed by atoms with Crippen LogP contribution in [-0.2, 0) is 13.2 Å². The summed E-state index contributed by atoms with van der Waals surface area (Å²) in [6.07, 6.45) is 3.87. The zero-order valence-corrected chi connectivity index (χ0v) is 19.7. The number of allylic oxidation sites excluding steroid dienone is 1. The second-order valence-electron chi connectivity index (χ2n) is 7.88. The van der Waals surface area contributed by atoms with Crippen LogP contribution in [0.25, 0.3) is 17.0 Å². The summed E-state index contributed by atoms with van der Waals surface area (Å²) in [5.74, 6) is 1.30. The molecule has 0 radical (unpaired) electrons. The molecule has 0 atom stereocenters. The molecule has 2 heterocycles. The molecule has 3 aromatic carbocycles. The van der Waals surface area contributed by atoms with E-state index in [9.17, 15) is 4.79 Å². The van der Waals surface area contributed by atoms with E-state index < -0.39 is 0 Å². The number of ether oxygens (including phenoxy) is 2. The van der Waals surface area contributed by atoms with Crippen molar-refractivity contribution in [3.05, 3.63) is 98.9 Å². The fourth-order valence-corrected chi connectivity index (χ4v) is 4.64. The molecule has 0 bridgehead atoms. The van der Waals surface area contributed by atoms with Crippen LogP contribution >= 0.6 is 23.2 Å². The second kappa shape index (κ2) is 8.62. The van der Waals surface area contributed by atoms with Gasteiger partial charge in [-0.3, -0.25) is 4.79 Å². The van der Waals surface area contributed by atoms with Crippen LogP contribution in [-0.4, -0.2) is 10.4 Å². The first kappa shape index (κ1) is 21.6. The third-order valence-electron chi connectivity index (χ3n) is 5.92. The number of para-hydroxylation sites is 1. The highest BCUT2D eigenvalue weighted by molar-refractivity contribution is 6.35. The zero-order chi connectivity index (χ0) is 23.1. The number of hydrogen-bond acceptors (Lipinski definition) is 3. The molecule has 6 heteroatoms. The maximum atomic E-state index is 13.1. The second-order valence-corrected chi connectivity index (χ2v) is 8.70. The maximum Gasteiger partial charge on any atom is 0.231 e. The molecule has 0 fully saturated rings. The highest BCUT2D eigenvalue weighted by Crippen LogP contribution is 2.40. The Morgan fingerprint density at radius 2 is 1.79 bits per heavy atom. The highest BCUT2D eigenvalue weighted by atomic mass is 35.5. The summed E-state index contributed by atoms with van der Waals surface area (Å²) in [5, 5.41) is 2.17. The van der Waals surface area contributed by atoms with Gasteiger partial charge in [0.15, 0.2) is 5.76 Å². The van der Waals surface area contributed by atoms with Crippen LogP contribution in [0.5, 0.6) is 11.5 Å². The minimum atomic E-state index is -0.137. The molecular formula is C27H21Cl2NO3. The third-order valence-corrected chi connectivity index (χ3v) is 6.63. The van der Waals surface area contributed by atoms with Gasteiger partial charge in [0.2, 0.25) is 5.78 Å². The number of hydrogen-bond donors (Lipinski definition) is 0. The lowest BCUT2D eigenvalue weighted by atomic mass is 10.1. The number of fused-ring (bicyclic) bond motifs is 2. The molecule has 0 saturated heterocycles. The summed E-state index contributed by atoms with van der Waals surface area (Å²) in [5.41, 5.74) is 4.07. The molecule has 0 amide bonds. The van der Waals surface area contributed by atoms with Gasteiger partial charge >= 0.3 is 0 Å². The fraction of sp³-hybridized carbons (Fsp3) is 0.148. The van der Waals surface area contributed by atoms with Crippen LogP contribution in [0, 0.1) is 6.92 Å². The van der Waals surface area contributed by atoms with Gasteiger partial charge in [0, 0.05) is 50.4 Å². The molecule has 0 saturated carbocycles. The van der Waals surface area contributed by atoms with E-state index in [1.54, 1.807) is 30.3 Å². The van der Waals surface area contributed by atoms with Crippen LogP contribution in [0.1, 0.15) is 34.0 Å². The summed E-state index contributed by atoms with van der Waals surface area (Å²) in [6.45, 7) is 5.03. The Morgan fingerprint density at radius 1 is 1.03 bits per heavy atom. The van der Waals surface area contributed by atoms with Crippen LogP contribution in [0.3, 0.4) is 0 Å². The zero-order valence-electron chi connectivity index (χ0n) is 18.2. The number of carbonyl (C=O) groups excluding carboxylic acids is 1. The van der Waals surface area contributed by atoms with Crippen LogP contribution < -0.4 is 9.47 Å². The first-order valence-electron chi connectivity index (χ1n) is 10.7. The smallest absolute Gasteiger partial charge is 0.231 e. The minimum absolute atomic E-state index is 0.137. The lowest BCUT2D eigenvalue weighted by Crippen LogP contribution is -2.00. The van der Waals surface area contributed by atoms with Crippen molar-refractivity contribution in [3.63, 3.8) is 0 Å². The summed E-state index contributed by atoms with van der Waals surface area (Å²) < 4.78 is 14.2. The number of benzene rings is 3. The average molecular weight is 478 g/mol. The number of halogens is 2. The van der Waals surface area contributed by atoms with Crippen molar-refractivity contribution in [1.82, 2.24) is 4.57 Å². The predicted molar refractivity (Wildman–Crippen MR) is 133 cm³/mol. The molecule has 1 aliphatic heterocycles. The van der Waals surface area contributed by atoms with Gasteiger partial charge in [-0.1, -0.05) is 47.5 Å². The topological polar surface area (TPSA) is 40.5 Å². The maximum absolute atomic E-state index is 13.1. The molecule has 166 valence electrons. The SMILES string of the molecule is CCn1cc(/C=C2\Oc3c(ccc(OCc4c(Cl)cccc4Cl)c3C)C2=O)c2ccccc21. The largest absolute Gasteiger partial charge is 0.488 e. The number of rotatable bonds is 5. The Hall–Kier alpha value is -3.21. The van der Waals surface area contributed by atoms with Gasteiger partial charge in [0.05, 0.1) is 5.56 Å². The van der Waals surface area contributed by atoms with Crippen molar-refractivity contribution in [2.75, 3.05) is 0 Å². The lowest BCUT2D eigenvalue weighted by Gasteiger charge is -2.13. The normalized spacial score (nSPS) is 14.1. The number of aromatic nitrogens is 1. The molecule has 0 N–H and O–H groups in total. The molecule has 1 aromatic heterocycles. The van der Waals surface area contributed by atoms with E-state index in [2.05, 4.69) is 23.6 Å². The predicted octanol–water partition coefficient (Wildman–Crippen LogP) is 7.47. The highest BCUT2D eigenvalue weighted by Gasteiger charge is 2.30. The monoisotopic (exact) mass is 477 g/mol. The fourth-order valence-electron chi connectivity index (χ4n) is 4.14. The van der Waals surface area contributed by atoms with E-state index in [4.69, 9.17) is 32.7 Å². The standard InChI is InChI=1S/C27H21Cl2NO3/c1-3-30-14-17(18-7-4-5-10-23(18)30)13-25-26(31)19-11-12-24(16(2)27(19)33-25)32-15-20-21(28)8-6-9-22(20)29/h4-14H,3,15H2,1-2H3/b25-13-. The van der Waals surface area contributed by atoms with Gasteiger partial charge in [-0.25, -0.2) is 0 Å². The number of nitrogens with zero attached hydrogens (tertiary/aromatic N) is 1. The Labute approximate surface area is 202 Å². The number of ketones is 1. The van der Waals surface area contributed by atoms with Gasteiger partial charge in [-0.05, 0) is 50.3 Å². The van der Waals surface area contributed by atoms with Gasteiger partial charge in [-0.15, -0.1) is 0 Å². The Bertz CT molecular complexity index is 1410. The van der Waals surface area contributed by atoms with Crippen molar-refractivity contribution < 1.29 is 14.3 Å².